The van der Waals surface area contributed by atoms with Crippen LogP contribution in [0.5, 0.6) is 0 Å². The third kappa shape index (κ3) is 3.94. The molecule has 4 heteroatoms. The van der Waals surface area contributed by atoms with Gasteiger partial charge in [0, 0.05) is 42.4 Å². The second-order valence-corrected chi connectivity index (χ2v) is 6.51. The molecule has 106 valence electrons. The third-order valence-corrected chi connectivity index (χ3v) is 4.37. The van der Waals surface area contributed by atoms with Crippen molar-refractivity contribution in [3.05, 3.63) is 28.7 Å². The monoisotopic (exact) mass is 326 g/mol. The van der Waals surface area contributed by atoms with Crippen LogP contribution in [0.1, 0.15) is 13.3 Å². The molecule has 1 aromatic rings. The first kappa shape index (κ1) is 14.8. The van der Waals surface area contributed by atoms with Gasteiger partial charge in [-0.25, -0.2) is 0 Å². The van der Waals surface area contributed by atoms with Gasteiger partial charge in [-0.15, -0.1) is 0 Å². The fraction of sp³-hybridized carbons (Fsp3) is 0.600. The van der Waals surface area contributed by atoms with Crippen LogP contribution in [0.3, 0.4) is 0 Å². The largest absolute Gasteiger partial charge is 0.396 e. The molecule has 19 heavy (non-hydrogen) atoms. The van der Waals surface area contributed by atoms with Crippen LogP contribution in [-0.2, 0) is 0 Å². The Labute approximate surface area is 124 Å². The lowest BCUT2D eigenvalue weighted by Crippen LogP contribution is -2.39. The highest BCUT2D eigenvalue weighted by Crippen LogP contribution is 2.23. The molecule has 0 bridgehead atoms. The first-order valence-electron chi connectivity index (χ1n) is 6.91. The van der Waals surface area contributed by atoms with E-state index in [1.807, 2.05) is 0 Å². The number of hydrogen-bond donors (Lipinski definition) is 1. The zero-order valence-corrected chi connectivity index (χ0v) is 13.3. The minimum Gasteiger partial charge on any atom is -0.396 e. The number of anilines is 1. The van der Waals surface area contributed by atoms with Crippen molar-refractivity contribution in [2.24, 2.45) is 5.92 Å². The first-order valence-corrected chi connectivity index (χ1v) is 7.71. The molecular formula is C15H23BrN2O. The van der Waals surface area contributed by atoms with Crippen molar-refractivity contribution >= 4 is 21.6 Å². The van der Waals surface area contributed by atoms with Gasteiger partial charge in [-0.3, -0.25) is 0 Å². The molecule has 1 heterocycles. The van der Waals surface area contributed by atoms with E-state index >= 15 is 0 Å². The predicted molar refractivity (Wildman–Crippen MR) is 83.6 cm³/mol. The van der Waals surface area contributed by atoms with Crippen LogP contribution in [0.15, 0.2) is 28.7 Å². The third-order valence-electron chi connectivity index (χ3n) is 3.84. The van der Waals surface area contributed by atoms with E-state index < -0.39 is 0 Å². The second-order valence-electron chi connectivity index (χ2n) is 5.59. The Morgan fingerprint density at radius 1 is 1.21 bits per heavy atom. The van der Waals surface area contributed by atoms with Crippen molar-refractivity contribution < 1.29 is 5.11 Å². The molecule has 2 unspecified atom stereocenters. The van der Waals surface area contributed by atoms with Gasteiger partial charge in [0.05, 0.1) is 0 Å². The smallest absolute Gasteiger partial charge is 0.0446 e. The number of hydrogen-bond acceptors (Lipinski definition) is 3. The van der Waals surface area contributed by atoms with E-state index in [1.165, 1.54) is 5.69 Å². The summed E-state index contributed by atoms with van der Waals surface area (Å²) in [6.07, 6.45) is 0.844. The number of rotatable bonds is 3. The number of halogens is 1. The number of aliphatic hydroxyl groups excluding tert-OH is 1. The molecule has 1 saturated heterocycles. The summed E-state index contributed by atoms with van der Waals surface area (Å²) in [5.41, 5.74) is 1.27. The topological polar surface area (TPSA) is 26.7 Å². The normalized spacial score (nSPS) is 25.4. The molecule has 1 aliphatic heterocycles. The van der Waals surface area contributed by atoms with Gasteiger partial charge in [-0.1, -0.05) is 22.9 Å². The molecule has 0 spiro atoms. The van der Waals surface area contributed by atoms with Crippen molar-refractivity contribution in [1.82, 2.24) is 4.90 Å². The Hall–Kier alpha value is -0.580. The lowest BCUT2D eigenvalue weighted by molar-refractivity contribution is 0.186. The van der Waals surface area contributed by atoms with E-state index in [0.29, 0.717) is 12.0 Å². The first-order chi connectivity index (χ1) is 9.10. The molecule has 0 amide bonds. The van der Waals surface area contributed by atoms with Gasteiger partial charge in [0.25, 0.3) is 0 Å². The highest BCUT2D eigenvalue weighted by molar-refractivity contribution is 9.10. The zero-order valence-electron chi connectivity index (χ0n) is 11.7. The van der Waals surface area contributed by atoms with Gasteiger partial charge in [-0.2, -0.15) is 0 Å². The Balaban J connectivity index is 2.16. The molecule has 1 aromatic carbocycles. The van der Waals surface area contributed by atoms with E-state index in [-0.39, 0.29) is 6.61 Å². The molecule has 1 N–H and O–H groups in total. The summed E-state index contributed by atoms with van der Waals surface area (Å²) in [4.78, 5) is 4.83. The maximum absolute atomic E-state index is 9.24. The van der Waals surface area contributed by atoms with Gasteiger partial charge in [0.2, 0.25) is 0 Å². The lowest BCUT2D eigenvalue weighted by atomic mass is 10.1. The fourth-order valence-electron chi connectivity index (χ4n) is 2.87. The van der Waals surface area contributed by atoms with Crippen LogP contribution in [0, 0.1) is 5.92 Å². The molecule has 3 nitrogen and oxygen atoms in total. The Bertz CT molecular complexity index is 396. The molecule has 0 aromatic heterocycles. The molecular weight excluding hydrogens is 304 g/mol. The summed E-state index contributed by atoms with van der Waals surface area (Å²) in [5, 5.41) is 9.24. The van der Waals surface area contributed by atoms with Gasteiger partial charge >= 0.3 is 0 Å². The summed E-state index contributed by atoms with van der Waals surface area (Å²) in [7, 11) is 2.17. The maximum Gasteiger partial charge on any atom is 0.0446 e. The highest BCUT2D eigenvalue weighted by Gasteiger charge is 2.25. The van der Waals surface area contributed by atoms with Crippen molar-refractivity contribution in [3.63, 3.8) is 0 Å². The molecule has 0 aliphatic carbocycles. The van der Waals surface area contributed by atoms with E-state index in [4.69, 9.17) is 0 Å². The Morgan fingerprint density at radius 3 is 2.53 bits per heavy atom. The van der Waals surface area contributed by atoms with Crippen LogP contribution in [0.4, 0.5) is 5.69 Å². The van der Waals surface area contributed by atoms with Crippen LogP contribution >= 0.6 is 15.9 Å². The van der Waals surface area contributed by atoms with Crippen LogP contribution < -0.4 is 4.90 Å². The summed E-state index contributed by atoms with van der Waals surface area (Å²) >= 11 is 3.48. The van der Waals surface area contributed by atoms with Gasteiger partial charge in [-0.05, 0) is 43.7 Å². The molecule has 0 radical (unpaired) electrons. The Kier molecular flexibility index (Phi) is 5.25. The van der Waals surface area contributed by atoms with E-state index in [1.54, 1.807) is 0 Å². The van der Waals surface area contributed by atoms with E-state index in [2.05, 4.69) is 64.0 Å². The van der Waals surface area contributed by atoms with Gasteiger partial charge < -0.3 is 14.9 Å². The minimum absolute atomic E-state index is 0.261. The predicted octanol–water partition coefficient (Wildman–Crippen LogP) is 2.59. The van der Waals surface area contributed by atoms with Gasteiger partial charge in [0.15, 0.2) is 0 Å². The summed E-state index contributed by atoms with van der Waals surface area (Å²) < 4.78 is 1.11. The van der Waals surface area contributed by atoms with Crippen molar-refractivity contribution in [1.29, 1.82) is 0 Å². The molecule has 0 saturated carbocycles. The molecule has 1 fully saturated rings. The van der Waals surface area contributed by atoms with Crippen LogP contribution in [0.25, 0.3) is 0 Å². The molecule has 1 aliphatic rings. The van der Waals surface area contributed by atoms with Crippen molar-refractivity contribution in [3.8, 4) is 0 Å². The van der Waals surface area contributed by atoms with Crippen molar-refractivity contribution in [2.45, 2.75) is 19.4 Å². The van der Waals surface area contributed by atoms with Gasteiger partial charge in [0.1, 0.15) is 0 Å². The average Bonchev–Trinajstić information content (AvgIpc) is 2.50. The maximum atomic E-state index is 9.24. The SMILES string of the molecule is CC1CN(c2ccc(Br)cc2)CC(CCO)N(C)C1. The minimum atomic E-state index is 0.261. The van der Waals surface area contributed by atoms with Crippen molar-refractivity contribution in [2.75, 3.05) is 38.2 Å². The second kappa shape index (κ2) is 6.73. The molecule has 2 atom stereocenters. The standard InChI is InChI=1S/C15H23BrN2O/c1-12-9-17(2)15(7-8-19)11-18(10-12)14-5-3-13(16)4-6-14/h3-6,12,15,19H,7-11H2,1-2H3. The Morgan fingerprint density at radius 2 is 1.89 bits per heavy atom. The van der Waals surface area contributed by atoms with Crippen LogP contribution in [-0.4, -0.2) is 49.3 Å². The summed E-state index contributed by atoms with van der Waals surface area (Å²) in [6, 6.07) is 8.94. The number of benzene rings is 1. The number of aliphatic hydroxyl groups is 1. The lowest BCUT2D eigenvalue weighted by Gasteiger charge is -2.29. The zero-order chi connectivity index (χ0) is 13.8. The average molecular weight is 327 g/mol. The quantitative estimate of drug-likeness (QED) is 0.924. The summed E-state index contributed by atoms with van der Waals surface area (Å²) in [6.45, 7) is 5.72. The van der Waals surface area contributed by atoms with E-state index in [0.717, 1.165) is 30.5 Å². The highest BCUT2D eigenvalue weighted by atomic mass is 79.9. The number of likely N-dealkylation sites (N-methyl/N-ethyl adjacent to an activating group) is 1. The molecule has 2 rings (SSSR count). The van der Waals surface area contributed by atoms with E-state index in [9.17, 15) is 5.11 Å². The van der Waals surface area contributed by atoms with Crippen LogP contribution in [0.2, 0.25) is 0 Å². The number of nitrogens with zero attached hydrogens (tertiary/aromatic N) is 2. The fourth-order valence-corrected chi connectivity index (χ4v) is 3.13. The summed E-state index contributed by atoms with van der Waals surface area (Å²) in [5.74, 6) is 0.636.